The predicted molar refractivity (Wildman–Crippen MR) is 127 cm³/mol. The van der Waals surface area contributed by atoms with E-state index in [-0.39, 0.29) is 33.6 Å². The smallest absolute Gasteiger partial charge is 0.387 e. The van der Waals surface area contributed by atoms with Crippen molar-refractivity contribution in [2.45, 2.75) is 13.2 Å². The molecular formula is C23H15F4N3O4S2. The largest absolute Gasteiger partial charge is 0.435 e. The van der Waals surface area contributed by atoms with Crippen LogP contribution in [0, 0.1) is 0 Å². The molecule has 4 aromatic rings. The zero-order chi connectivity index (χ0) is 25.7. The highest BCUT2D eigenvalue weighted by atomic mass is 32.1. The maximum Gasteiger partial charge on any atom is 0.387 e. The van der Waals surface area contributed by atoms with Crippen molar-refractivity contribution < 1.29 is 36.6 Å². The molecule has 186 valence electrons. The Morgan fingerprint density at radius 2 is 1.61 bits per heavy atom. The minimum absolute atomic E-state index is 0.0968. The molecule has 0 aliphatic carbocycles. The van der Waals surface area contributed by atoms with Gasteiger partial charge in [-0.15, -0.1) is 22.7 Å². The Labute approximate surface area is 209 Å². The number of halogens is 4. The lowest BCUT2D eigenvalue weighted by atomic mass is 10.1. The number of nitrogens with zero attached hydrogens (tertiary/aromatic N) is 1. The van der Waals surface area contributed by atoms with Crippen molar-refractivity contribution in [3.63, 3.8) is 0 Å². The normalized spacial score (nSPS) is 10.9. The van der Waals surface area contributed by atoms with Crippen molar-refractivity contribution in [2.75, 3.05) is 10.6 Å². The fourth-order valence-electron chi connectivity index (χ4n) is 3.01. The number of carbonyl (C=O) groups excluding carboxylic acids is 2. The number of thiazole rings is 1. The van der Waals surface area contributed by atoms with Gasteiger partial charge >= 0.3 is 13.2 Å². The van der Waals surface area contributed by atoms with Crippen molar-refractivity contribution in [2.24, 2.45) is 0 Å². The van der Waals surface area contributed by atoms with E-state index < -0.39 is 24.9 Å². The van der Waals surface area contributed by atoms with Gasteiger partial charge in [0.25, 0.3) is 11.8 Å². The molecule has 7 nitrogen and oxygen atoms in total. The molecule has 0 radical (unpaired) electrons. The van der Waals surface area contributed by atoms with Crippen LogP contribution in [0.4, 0.5) is 28.4 Å². The molecule has 2 amide bonds. The van der Waals surface area contributed by atoms with Crippen LogP contribution in [0.3, 0.4) is 0 Å². The molecule has 0 aliphatic rings. The molecule has 2 aromatic heterocycles. The van der Waals surface area contributed by atoms with Crippen LogP contribution in [-0.2, 0) is 0 Å². The number of anilines is 2. The quantitative estimate of drug-likeness (QED) is 0.236. The summed E-state index contributed by atoms with van der Waals surface area (Å²) >= 11 is 2.33. The Morgan fingerprint density at radius 1 is 0.861 bits per heavy atom. The zero-order valence-electron chi connectivity index (χ0n) is 17.9. The molecule has 2 N–H and O–H groups in total. The molecule has 13 heteroatoms. The molecule has 0 fully saturated rings. The minimum atomic E-state index is -3.21. The minimum Gasteiger partial charge on any atom is -0.435 e. The molecular weight excluding hydrogens is 522 g/mol. The van der Waals surface area contributed by atoms with Gasteiger partial charge < -0.3 is 14.8 Å². The first-order valence-corrected chi connectivity index (χ1v) is 11.8. The summed E-state index contributed by atoms with van der Waals surface area (Å²) in [5, 5.41) is 8.77. The van der Waals surface area contributed by atoms with Crippen molar-refractivity contribution in [1.29, 1.82) is 0 Å². The molecule has 36 heavy (non-hydrogen) atoms. The lowest BCUT2D eigenvalue weighted by Crippen LogP contribution is -2.13. The van der Waals surface area contributed by atoms with Crippen LogP contribution in [0.15, 0.2) is 65.4 Å². The van der Waals surface area contributed by atoms with E-state index >= 15 is 0 Å². The summed E-state index contributed by atoms with van der Waals surface area (Å²) in [6.07, 6.45) is 0. The number of thiophene rings is 1. The van der Waals surface area contributed by atoms with Crippen LogP contribution in [-0.4, -0.2) is 30.0 Å². The number of alkyl halides is 4. The first-order valence-electron chi connectivity index (χ1n) is 10.0. The van der Waals surface area contributed by atoms with Gasteiger partial charge in [0.2, 0.25) is 0 Å². The summed E-state index contributed by atoms with van der Waals surface area (Å²) in [5.74, 6) is -1.52. The molecule has 0 aliphatic heterocycles. The van der Waals surface area contributed by atoms with Crippen LogP contribution in [0.5, 0.6) is 11.5 Å². The molecule has 0 atom stereocenters. The number of nitrogens with one attached hydrogen (secondary N) is 2. The molecule has 0 bridgehead atoms. The van der Waals surface area contributed by atoms with Gasteiger partial charge in [-0.25, -0.2) is 4.98 Å². The number of benzene rings is 2. The SMILES string of the molecule is O=C(Nc1nc(-c2ccc(OC(F)F)cc2OC(F)F)cs1)c1ccc(NC(=O)c2cccs2)cc1. The van der Waals surface area contributed by atoms with Gasteiger partial charge in [0.15, 0.2) is 5.13 Å². The second-order valence-corrected chi connectivity index (χ2v) is 8.72. The molecule has 0 unspecified atom stereocenters. The summed E-state index contributed by atoms with van der Waals surface area (Å²) in [5.41, 5.74) is 1.07. The lowest BCUT2D eigenvalue weighted by molar-refractivity contribution is -0.0540. The van der Waals surface area contributed by atoms with Crippen LogP contribution < -0.4 is 20.1 Å². The Balaban J connectivity index is 1.44. The summed E-state index contributed by atoms with van der Waals surface area (Å²) in [7, 11) is 0. The van der Waals surface area contributed by atoms with E-state index in [9.17, 15) is 27.2 Å². The van der Waals surface area contributed by atoms with Crippen molar-refractivity contribution in [3.05, 3.63) is 75.8 Å². The summed E-state index contributed by atoms with van der Waals surface area (Å²) in [6, 6.07) is 13.0. The first-order chi connectivity index (χ1) is 17.3. The second-order valence-electron chi connectivity index (χ2n) is 6.92. The molecule has 2 aromatic carbocycles. The van der Waals surface area contributed by atoms with Gasteiger partial charge in [-0.3, -0.25) is 14.9 Å². The third kappa shape index (κ3) is 6.37. The molecule has 4 rings (SSSR count). The molecule has 0 saturated carbocycles. The van der Waals surface area contributed by atoms with E-state index in [1.165, 1.54) is 34.9 Å². The Kier molecular flexibility index (Phi) is 7.80. The average molecular weight is 538 g/mol. The average Bonchev–Trinajstić information content (AvgIpc) is 3.52. The maximum absolute atomic E-state index is 12.8. The fraction of sp³-hybridized carbons (Fsp3) is 0.0870. The lowest BCUT2D eigenvalue weighted by Gasteiger charge is -2.12. The van der Waals surface area contributed by atoms with Gasteiger partial charge in [-0.2, -0.15) is 17.6 Å². The van der Waals surface area contributed by atoms with Crippen LogP contribution in [0.1, 0.15) is 20.0 Å². The van der Waals surface area contributed by atoms with E-state index in [0.717, 1.165) is 23.5 Å². The van der Waals surface area contributed by atoms with Crippen LogP contribution in [0.2, 0.25) is 0 Å². The van der Waals surface area contributed by atoms with E-state index in [0.29, 0.717) is 10.6 Å². The molecule has 0 spiro atoms. The van der Waals surface area contributed by atoms with Gasteiger partial charge in [-0.1, -0.05) is 6.07 Å². The summed E-state index contributed by atoms with van der Waals surface area (Å²) in [6.45, 7) is -6.34. The molecule has 0 saturated heterocycles. The van der Waals surface area contributed by atoms with Crippen LogP contribution in [0.25, 0.3) is 11.3 Å². The third-order valence-corrected chi connectivity index (χ3v) is 6.17. The van der Waals surface area contributed by atoms with Gasteiger partial charge in [0.05, 0.1) is 10.6 Å². The van der Waals surface area contributed by atoms with Gasteiger partial charge in [0.1, 0.15) is 11.5 Å². The Hall–Kier alpha value is -3.97. The topological polar surface area (TPSA) is 89.6 Å². The predicted octanol–water partition coefficient (Wildman–Crippen LogP) is 6.58. The highest BCUT2D eigenvalue weighted by molar-refractivity contribution is 7.14. The summed E-state index contributed by atoms with van der Waals surface area (Å²) in [4.78, 5) is 29.5. The number of amides is 2. The molecule has 2 heterocycles. The number of ether oxygens (including phenoxy) is 2. The number of aromatic nitrogens is 1. The van der Waals surface area contributed by atoms with E-state index in [1.807, 2.05) is 0 Å². The Bertz CT molecular complexity index is 1350. The number of hydrogen-bond acceptors (Lipinski definition) is 7. The maximum atomic E-state index is 12.8. The Morgan fingerprint density at radius 3 is 2.28 bits per heavy atom. The fourth-order valence-corrected chi connectivity index (χ4v) is 4.34. The van der Waals surface area contributed by atoms with E-state index in [4.69, 9.17) is 0 Å². The highest BCUT2D eigenvalue weighted by Gasteiger charge is 2.18. The number of carbonyl (C=O) groups is 2. The standard InChI is InChI=1S/C23H15F4N3O4S2/c24-21(25)33-14-7-8-15(17(10-14)34-22(26)27)16-11-36-23(29-16)30-19(31)12-3-5-13(6-4-12)28-20(32)18-2-1-9-35-18/h1-11,21-22H,(H,28,32)(H,29,30,31). The van der Waals surface area contributed by atoms with Gasteiger partial charge in [-0.05, 0) is 47.8 Å². The first kappa shape index (κ1) is 25.1. The van der Waals surface area contributed by atoms with Gasteiger partial charge in [0, 0.05) is 28.3 Å². The third-order valence-electron chi connectivity index (χ3n) is 4.54. The highest BCUT2D eigenvalue weighted by Crippen LogP contribution is 2.36. The number of rotatable bonds is 9. The number of hydrogen-bond donors (Lipinski definition) is 2. The van der Waals surface area contributed by atoms with Crippen LogP contribution >= 0.6 is 22.7 Å². The van der Waals surface area contributed by atoms with E-state index in [1.54, 1.807) is 29.6 Å². The van der Waals surface area contributed by atoms with E-state index in [2.05, 4.69) is 25.1 Å². The van der Waals surface area contributed by atoms with Crippen molar-refractivity contribution >= 4 is 45.3 Å². The second kappa shape index (κ2) is 11.2. The monoisotopic (exact) mass is 537 g/mol. The van der Waals surface area contributed by atoms with Crippen molar-refractivity contribution in [3.8, 4) is 22.8 Å². The zero-order valence-corrected chi connectivity index (χ0v) is 19.5. The summed E-state index contributed by atoms with van der Waals surface area (Å²) < 4.78 is 59.3. The van der Waals surface area contributed by atoms with Crippen molar-refractivity contribution in [1.82, 2.24) is 4.98 Å².